The quantitative estimate of drug-likeness (QED) is 0.262. The molecule has 0 spiro atoms. The van der Waals surface area contributed by atoms with E-state index in [1.807, 2.05) is 0 Å². The van der Waals surface area contributed by atoms with E-state index in [2.05, 4.69) is 6.58 Å². The first-order valence-electron chi connectivity index (χ1n) is 2.82. The standard InChI is InChI=1S/C5H5N3O4/c1-2-3-5(4-6,7(9)10)8(11)12/h2H,1,3H2. The minimum atomic E-state index is -2.78. The molecule has 0 aliphatic carbocycles. The maximum atomic E-state index is 10.2. The van der Waals surface area contributed by atoms with Crippen LogP contribution in [0.3, 0.4) is 0 Å². The zero-order valence-corrected chi connectivity index (χ0v) is 5.97. The molecule has 0 bridgehead atoms. The van der Waals surface area contributed by atoms with Crippen LogP contribution in [0.2, 0.25) is 0 Å². The Balaban J connectivity index is 5.06. The van der Waals surface area contributed by atoms with E-state index in [4.69, 9.17) is 5.26 Å². The number of hydrogen-bond donors (Lipinski definition) is 0. The van der Waals surface area contributed by atoms with E-state index in [9.17, 15) is 20.2 Å². The maximum absolute atomic E-state index is 10.2. The summed E-state index contributed by atoms with van der Waals surface area (Å²) in [5.41, 5.74) is -2.78. The predicted molar refractivity (Wildman–Crippen MR) is 37.1 cm³/mol. The van der Waals surface area contributed by atoms with Crippen molar-refractivity contribution in [2.75, 3.05) is 0 Å². The highest BCUT2D eigenvalue weighted by Crippen LogP contribution is 2.14. The second-order valence-corrected chi connectivity index (χ2v) is 1.94. The van der Waals surface area contributed by atoms with E-state index >= 15 is 0 Å². The van der Waals surface area contributed by atoms with Crippen molar-refractivity contribution in [2.45, 2.75) is 12.1 Å². The fourth-order valence-electron chi connectivity index (χ4n) is 0.544. The van der Waals surface area contributed by atoms with Crippen molar-refractivity contribution in [1.82, 2.24) is 0 Å². The summed E-state index contributed by atoms with van der Waals surface area (Å²) in [4.78, 5) is 17.9. The Morgan fingerprint density at radius 3 is 2.00 bits per heavy atom. The van der Waals surface area contributed by atoms with Gasteiger partial charge in [-0.3, -0.25) is 20.2 Å². The molecule has 0 saturated heterocycles. The van der Waals surface area contributed by atoms with E-state index in [0.717, 1.165) is 12.1 Å². The summed E-state index contributed by atoms with van der Waals surface area (Å²) >= 11 is 0. The summed E-state index contributed by atoms with van der Waals surface area (Å²) in [5, 5.41) is 28.6. The van der Waals surface area contributed by atoms with Gasteiger partial charge in [-0.1, -0.05) is 6.08 Å². The Morgan fingerprint density at radius 1 is 1.50 bits per heavy atom. The lowest BCUT2D eigenvalue weighted by Crippen LogP contribution is -2.44. The van der Waals surface area contributed by atoms with Gasteiger partial charge in [-0.15, -0.1) is 6.58 Å². The normalized spacial score (nSPS) is 9.92. The molecule has 0 heterocycles. The second-order valence-electron chi connectivity index (χ2n) is 1.94. The van der Waals surface area contributed by atoms with Crippen LogP contribution in [-0.4, -0.2) is 15.5 Å². The molecule has 0 rings (SSSR count). The van der Waals surface area contributed by atoms with E-state index in [0.29, 0.717) is 0 Å². The molecule has 0 atom stereocenters. The van der Waals surface area contributed by atoms with Crippen molar-refractivity contribution in [2.24, 2.45) is 0 Å². The highest BCUT2D eigenvalue weighted by molar-refractivity contribution is 4.96. The molecule has 0 aromatic heterocycles. The van der Waals surface area contributed by atoms with Crippen molar-refractivity contribution < 1.29 is 9.85 Å². The molecule has 0 N–H and O–H groups in total. The number of nitriles is 1. The first kappa shape index (κ1) is 10.0. The average molecular weight is 171 g/mol. The molecule has 12 heavy (non-hydrogen) atoms. The van der Waals surface area contributed by atoms with Crippen LogP contribution in [0.15, 0.2) is 12.7 Å². The summed E-state index contributed by atoms with van der Waals surface area (Å²) in [6, 6.07) is 1.05. The van der Waals surface area contributed by atoms with Gasteiger partial charge in [-0.25, -0.2) is 0 Å². The highest BCUT2D eigenvalue weighted by Gasteiger charge is 2.55. The van der Waals surface area contributed by atoms with Crippen molar-refractivity contribution in [1.29, 1.82) is 5.26 Å². The Morgan fingerprint density at radius 2 is 1.92 bits per heavy atom. The fraction of sp³-hybridized carbons (Fsp3) is 0.400. The third-order valence-electron chi connectivity index (χ3n) is 1.21. The van der Waals surface area contributed by atoms with Crippen molar-refractivity contribution in [3.05, 3.63) is 32.9 Å². The first-order chi connectivity index (χ1) is 5.51. The molecular formula is C5H5N3O4. The number of rotatable bonds is 4. The molecule has 0 amide bonds. The summed E-state index contributed by atoms with van der Waals surface area (Å²) in [6.45, 7) is 3.10. The lowest BCUT2D eigenvalue weighted by atomic mass is 10.1. The zero-order valence-electron chi connectivity index (χ0n) is 5.97. The van der Waals surface area contributed by atoms with Gasteiger partial charge in [0.25, 0.3) is 0 Å². The van der Waals surface area contributed by atoms with Gasteiger partial charge in [0, 0.05) is 0 Å². The Kier molecular flexibility index (Phi) is 2.87. The Labute approximate surface area is 67.2 Å². The molecule has 0 aromatic carbocycles. The lowest BCUT2D eigenvalue weighted by molar-refractivity contribution is -0.776. The third-order valence-corrected chi connectivity index (χ3v) is 1.21. The number of hydrogen-bond acceptors (Lipinski definition) is 5. The fourth-order valence-corrected chi connectivity index (χ4v) is 0.544. The minimum Gasteiger partial charge on any atom is -0.257 e. The Bertz CT molecular complexity index is 252. The second kappa shape index (κ2) is 3.43. The van der Waals surface area contributed by atoms with Crippen molar-refractivity contribution in [3.63, 3.8) is 0 Å². The van der Waals surface area contributed by atoms with Gasteiger partial charge >= 0.3 is 5.66 Å². The molecule has 0 aliphatic rings. The van der Waals surface area contributed by atoms with Crippen LogP contribution in [0.25, 0.3) is 0 Å². The summed E-state index contributed by atoms with van der Waals surface area (Å²) in [5.74, 6) is 0. The molecule has 0 fully saturated rings. The predicted octanol–water partition coefficient (Wildman–Crippen LogP) is 0.336. The van der Waals surface area contributed by atoms with Gasteiger partial charge in [-0.2, -0.15) is 5.26 Å². The summed E-state index contributed by atoms with van der Waals surface area (Å²) < 4.78 is 0. The van der Waals surface area contributed by atoms with Crippen LogP contribution in [0, 0.1) is 31.6 Å². The van der Waals surface area contributed by atoms with Crippen molar-refractivity contribution in [3.8, 4) is 6.07 Å². The van der Waals surface area contributed by atoms with Crippen LogP contribution in [-0.2, 0) is 0 Å². The van der Waals surface area contributed by atoms with E-state index in [1.165, 1.54) is 0 Å². The van der Waals surface area contributed by atoms with Gasteiger partial charge < -0.3 is 0 Å². The smallest absolute Gasteiger partial charge is 0.257 e. The van der Waals surface area contributed by atoms with Crippen LogP contribution < -0.4 is 0 Å². The minimum absolute atomic E-state index is 0.608. The highest BCUT2D eigenvalue weighted by atomic mass is 16.7. The first-order valence-corrected chi connectivity index (χ1v) is 2.82. The summed E-state index contributed by atoms with van der Waals surface area (Å²) in [7, 11) is 0. The van der Waals surface area contributed by atoms with Crippen LogP contribution >= 0.6 is 0 Å². The number of nitrogens with zero attached hydrogens (tertiary/aromatic N) is 3. The van der Waals surface area contributed by atoms with Crippen LogP contribution in [0.1, 0.15) is 6.42 Å². The van der Waals surface area contributed by atoms with Gasteiger partial charge in [0.2, 0.25) is 6.07 Å². The largest absolute Gasteiger partial charge is 0.546 e. The van der Waals surface area contributed by atoms with E-state index < -0.39 is 21.9 Å². The molecule has 0 radical (unpaired) electrons. The van der Waals surface area contributed by atoms with E-state index in [-0.39, 0.29) is 0 Å². The number of nitro groups is 2. The summed E-state index contributed by atoms with van der Waals surface area (Å²) in [6.07, 6.45) is 0.359. The lowest BCUT2D eigenvalue weighted by Gasteiger charge is -2.05. The Hall–Kier alpha value is -1.97. The molecule has 0 unspecified atom stereocenters. The maximum Gasteiger partial charge on any atom is 0.546 e. The molecule has 0 aromatic rings. The van der Waals surface area contributed by atoms with Crippen LogP contribution in [0.5, 0.6) is 0 Å². The monoisotopic (exact) mass is 171 g/mol. The van der Waals surface area contributed by atoms with Crippen molar-refractivity contribution >= 4 is 0 Å². The van der Waals surface area contributed by atoms with E-state index in [1.54, 1.807) is 0 Å². The zero-order chi connectivity index (χ0) is 9.78. The van der Waals surface area contributed by atoms with Gasteiger partial charge in [0.15, 0.2) is 0 Å². The molecular weight excluding hydrogens is 166 g/mol. The molecule has 0 aliphatic heterocycles. The molecule has 7 heteroatoms. The molecule has 64 valence electrons. The van der Waals surface area contributed by atoms with Crippen LogP contribution in [0.4, 0.5) is 0 Å². The van der Waals surface area contributed by atoms with Gasteiger partial charge in [0.05, 0.1) is 0 Å². The molecule has 0 saturated carbocycles. The van der Waals surface area contributed by atoms with Gasteiger partial charge in [0.1, 0.15) is 16.3 Å². The average Bonchev–Trinajstić information content (AvgIpc) is 1.98. The molecule has 7 nitrogen and oxygen atoms in total. The topological polar surface area (TPSA) is 110 Å². The van der Waals surface area contributed by atoms with Gasteiger partial charge in [-0.05, 0) is 0 Å². The third kappa shape index (κ3) is 1.37. The SMILES string of the molecule is C=CCC(C#N)([N+](=O)[O-])[N+](=O)[O-].